The van der Waals surface area contributed by atoms with Gasteiger partial charge >= 0.3 is 5.97 Å². The molecule has 0 aliphatic carbocycles. The van der Waals surface area contributed by atoms with Gasteiger partial charge in [0.2, 0.25) is 0 Å². The first kappa shape index (κ1) is 20.7. The highest BCUT2D eigenvalue weighted by Gasteiger charge is 2.21. The Labute approximate surface area is 130 Å². The smallest absolute Gasteiger partial charge is 0.309 e. The van der Waals surface area contributed by atoms with E-state index in [0.29, 0.717) is 19.4 Å². The third-order valence-corrected chi connectivity index (χ3v) is 5.56. The van der Waals surface area contributed by atoms with Crippen molar-refractivity contribution in [3.05, 3.63) is 0 Å². The zero-order chi connectivity index (χ0) is 16.1. The number of rotatable bonds is 13. The average Bonchev–Trinajstić information content (AvgIpc) is 2.47. The molecule has 0 radical (unpaired) electrons. The third-order valence-electron chi connectivity index (χ3n) is 3.47. The van der Waals surface area contributed by atoms with E-state index < -0.39 is 7.80 Å². The SMILES string of the molecule is CCCCCOC(=O)C(C)C[PH](=O)C(C)OCCCCC. The maximum absolute atomic E-state index is 12.2. The van der Waals surface area contributed by atoms with Gasteiger partial charge in [-0.15, -0.1) is 0 Å². The van der Waals surface area contributed by atoms with Gasteiger partial charge in [-0.1, -0.05) is 46.5 Å². The van der Waals surface area contributed by atoms with Crippen LogP contribution < -0.4 is 0 Å². The molecular formula is C16H33O4P. The summed E-state index contributed by atoms with van der Waals surface area (Å²) in [6.07, 6.45) is 6.74. The van der Waals surface area contributed by atoms with Gasteiger partial charge < -0.3 is 14.0 Å². The van der Waals surface area contributed by atoms with E-state index in [4.69, 9.17) is 9.47 Å². The lowest BCUT2D eigenvalue weighted by Crippen LogP contribution is -2.19. The minimum atomic E-state index is -1.91. The molecule has 0 aliphatic heterocycles. The Bertz CT molecular complexity index is 294. The monoisotopic (exact) mass is 320 g/mol. The fourth-order valence-corrected chi connectivity index (χ4v) is 3.33. The lowest BCUT2D eigenvalue weighted by Gasteiger charge is -2.16. The fourth-order valence-electron chi connectivity index (χ4n) is 1.92. The lowest BCUT2D eigenvalue weighted by atomic mass is 10.2. The van der Waals surface area contributed by atoms with Crippen molar-refractivity contribution in [2.24, 2.45) is 5.92 Å². The Morgan fingerprint density at radius 1 is 1.00 bits per heavy atom. The minimum Gasteiger partial charge on any atom is -0.465 e. The van der Waals surface area contributed by atoms with Gasteiger partial charge in [0, 0.05) is 12.8 Å². The molecule has 0 amide bonds. The number of hydrogen-bond donors (Lipinski definition) is 0. The molecule has 0 aromatic heterocycles. The molecule has 4 nitrogen and oxygen atoms in total. The predicted molar refractivity (Wildman–Crippen MR) is 88.5 cm³/mol. The Morgan fingerprint density at radius 2 is 1.57 bits per heavy atom. The Hall–Kier alpha value is -0.340. The minimum absolute atomic E-state index is 0.234. The van der Waals surface area contributed by atoms with Crippen molar-refractivity contribution in [1.29, 1.82) is 0 Å². The summed E-state index contributed by atoms with van der Waals surface area (Å²) in [5, 5.41) is 0. The summed E-state index contributed by atoms with van der Waals surface area (Å²) in [7, 11) is -1.91. The maximum Gasteiger partial charge on any atom is 0.309 e. The van der Waals surface area contributed by atoms with Crippen molar-refractivity contribution >= 4 is 13.8 Å². The number of unbranched alkanes of at least 4 members (excludes halogenated alkanes) is 4. The van der Waals surface area contributed by atoms with Crippen LogP contribution in [0.3, 0.4) is 0 Å². The molecule has 0 fully saturated rings. The van der Waals surface area contributed by atoms with Crippen LogP contribution in [0, 0.1) is 5.92 Å². The highest BCUT2D eigenvalue weighted by Crippen LogP contribution is 2.31. The second-order valence-corrected chi connectivity index (χ2v) is 7.82. The van der Waals surface area contributed by atoms with Crippen LogP contribution in [-0.4, -0.2) is 31.2 Å². The average molecular weight is 320 g/mol. The van der Waals surface area contributed by atoms with Crippen molar-refractivity contribution in [3.8, 4) is 0 Å². The Kier molecular flexibility index (Phi) is 13.1. The van der Waals surface area contributed by atoms with Crippen molar-refractivity contribution in [1.82, 2.24) is 0 Å². The molecule has 21 heavy (non-hydrogen) atoms. The van der Waals surface area contributed by atoms with Gasteiger partial charge in [-0.25, -0.2) is 0 Å². The molecule has 0 bridgehead atoms. The van der Waals surface area contributed by atoms with E-state index in [0.717, 1.165) is 38.5 Å². The highest BCUT2D eigenvalue weighted by molar-refractivity contribution is 7.45. The van der Waals surface area contributed by atoms with Crippen molar-refractivity contribution in [2.75, 3.05) is 19.4 Å². The quantitative estimate of drug-likeness (QED) is 0.285. The summed E-state index contributed by atoms with van der Waals surface area (Å²) in [5.74, 6) is -0.787. The number of carbonyl (C=O) groups excluding carboxylic acids is 1. The van der Waals surface area contributed by atoms with Gasteiger partial charge in [-0.3, -0.25) is 4.79 Å². The number of carbonyl (C=O) groups is 1. The van der Waals surface area contributed by atoms with Crippen molar-refractivity contribution < 1.29 is 18.8 Å². The fraction of sp³-hybridized carbons (Fsp3) is 0.938. The molecule has 3 atom stereocenters. The molecule has 5 heteroatoms. The Balaban J connectivity index is 3.87. The molecule has 3 unspecified atom stereocenters. The molecular weight excluding hydrogens is 287 g/mol. The molecule has 0 rings (SSSR count). The zero-order valence-corrected chi connectivity index (χ0v) is 15.2. The van der Waals surface area contributed by atoms with E-state index in [1.54, 1.807) is 6.92 Å². The molecule has 0 heterocycles. The second kappa shape index (κ2) is 13.3. The van der Waals surface area contributed by atoms with Crippen molar-refractivity contribution in [2.45, 2.75) is 72.1 Å². The number of ether oxygens (including phenoxy) is 2. The largest absolute Gasteiger partial charge is 0.465 e. The zero-order valence-electron chi connectivity index (χ0n) is 14.2. The topological polar surface area (TPSA) is 52.6 Å². The van der Waals surface area contributed by atoms with E-state index in [2.05, 4.69) is 13.8 Å². The molecule has 0 saturated carbocycles. The Morgan fingerprint density at radius 3 is 2.14 bits per heavy atom. The van der Waals surface area contributed by atoms with Gasteiger partial charge in [0.1, 0.15) is 13.6 Å². The standard InChI is InChI=1S/C16H33O4P/c1-5-7-9-11-19-15(4)21(18)13-14(3)16(17)20-12-10-8-6-2/h14-15,21H,5-13H2,1-4H3. The molecule has 0 aromatic rings. The van der Waals surface area contributed by atoms with Crippen LogP contribution in [0.2, 0.25) is 0 Å². The first-order valence-electron chi connectivity index (χ1n) is 8.33. The molecule has 0 saturated heterocycles. The number of esters is 1. The lowest BCUT2D eigenvalue weighted by molar-refractivity contribution is -0.147. The van der Waals surface area contributed by atoms with Gasteiger partial charge in [-0.05, 0) is 19.8 Å². The molecule has 0 N–H and O–H groups in total. The normalized spacial score (nSPS) is 15.4. The van der Waals surface area contributed by atoms with E-state index in [9.17, 15) is 9.36 Å². The van der Waals surface area contributed by atoms with Crippen LogP contribution in [0.4, 0.5) is 0 Å². The van der Waals surface area contributed by atoms with E-state index in [-0.39, 0.29) is 17.7 Å². The van der Waals surface area contributed by atoms with Crippen molar-refractivity contribution in [3.63, 3.8) is 0 Å². The first-order valence-corrected chi connectivity index (χ1v) is 10.0. The summed E-state index contributed by atoms with van der Waals surface area (Å²) in [5.41, 5.74) is 0. The first-order chi connectivity index (χ1) is 10.0. The van der Waals surface area contributed by atoms with Crippen LogP contribution in [0.25, 0.3) is 0 Å². The van der Waals surface area contributed by atoms with Gasteiger partial charge in [0.25, 0.3) is 0 Å². The van der Waals surface area contributed by atoms with Gasteiger partial charge in [0.15, 0.2) is 0 Å². The number of hydrogen-bond acceptors (Lipinski definition) is 4. The maximum atomic E-state index is 12.2. The third kappa shape index (κ3) is 11.0. The summed E-state index contributed by atoms with van der Waals surface area (Å²) >= 11 is 0. The van der Waals surface area contributed by atoms with Crippen LogP contribution in [0.1, 0.15) is 66.2 Å². The molecule has 0 aromatic carbocycles. The summed E-state index contributed by atoms with van der Waals surface area (Å²) in [6, 6.07) is 0. The summed E-state index contributed by atoms with van der Waals surface area (Å²) in [6.45, 7) is 9.00. The van der Waals surface area contributed by atoms with E-state index in [1.165, 1.54) is 0 Å². The van der Waals surface area contributed by atoms with Gasteiger partial charge in [0.05, 0.1) is 12.5 Å². The van der Waals surface area contributed by atoms with Crippen LogP contribution in [-0.2, 0) is 18.8 Å². The van der Waals surface area contributed by atoms with E-state index in [1.807, 2.05) is 6.92 Å². The highest BCUT2D eigenvalue weighted by atomic mass is 31.1. The molecule has 126 valence electrons. The van der Waals surface area contributed by atoms with E-state index >= 15 is 0 Å². The van der Waals surface area contributed by atoms with Crippen LogP contribution in [0.5, 0.6) is 0 Å². The molecule has 0 spiro atoms. The summed E-state index contributed by atoms with van der Waals surface area (Å²) in [4.78, 5) is 11.8. The second-order valence-electron chi connectivity index (χ2n) is 5.67. The van der Waals surface area contributed by atoms with Crippen LogP contribution in [0.15, 0.2) is 0 Å². The van der Waals surface area contributed by atoms with Gasteiger partial charge in [-0.2, -0.15) is 0 Å². The molecule has 0 aliphatic rings. The summed E-state index contributed by atoms with van der Waals surface area (Å²) < 4.78 is 22.9. The van der Waals surface area contributed by atoms with Crippen LogP contribution >= 0.6 is 7.80 Å². The predicted octanol–water partition coefficient (Wildman–Crippen LogP) is 4.47.